The van der Waals surface area contributed by atoms with Gasteiger partial charge in [-0.25, -0.2) is 4.98 Å². The number of aromatic nitrogens is 4. The molecule has 0 saturated carbocycles. The maximum Gasteiger partial charge on any atom is 0.160 e. The number of aromatic hydroxyl groups is 1. The number of hydrogen-bond donors (Lipinski definition) is 1. The number of benzene rings is 1. The molecule has 3 aromatic rings. The maximum atomic E-state index is 9.90. The van der Waals surface area contributed by atoms with Gasteiger partial charge >= 0.3 is 0 Å². The topological polar surface area (TPSA) is 73.1 Å². The average molecular weight is 268 g/mol. The van der Waals surface area contributed by atoms with E-state index in [-0.39, 0.29) is 5.75 Å². The summed E-state index contributed by atoms with van der Waals surface area (Å²) < 4.78 is 6.89. The Labute approximate surface area is 115 Å². The monoisotopic (exact) mass is 268 g/mol. The van der Waals surface area contributed by atoms with E-state index in [9.17, 15) is 5.11 Å². The van der Waals surface area contributed by atoms with Gasteiger partial charge in [0.15, 0.2) is 5.82 Å². The maximum absolute atomic E-state index is 9.90. The fourth-order valence-corrected chi connectivity index (χ4v) is 1.85. The lowest BCUT2D eigenvalue weighted by Gasteiger charge is -2.07. The van der Waals surface area contributed by atoms with Crippen LogP contribution in [-0.2, 0) is 0 Å². The van der Waals surface area contributed by atoms with E-state index in [1.54, 1.807) is 54.7 Å². The van der Waals surface area contributed by atoms with Gasteiger partial charge in [0, 0.05) is 18.0 Å². The lowest BCUT2D eigenvalue weighted by Crippen LogP contribution is -1.97. The number of methoxy groups -OCH3 is 1. The largest absolute Gasteiger partial charge is 0.507 e. The first-order chi connectivity index (χ1) is 9.78. The third-order valence-corrected chi connectivity index (χ3v) is 2.90. The number of phenols is 1. The molecule has 1 aromatic carbocycles. The minimum absolute atomic E-state index is 0.135. The summed E-state index contributed by atoms with van der Waals surface area (Å²) in [7, 11) is 1.57. The van der Waals surface area contributed by atoms with Crippen molar-refractivity contribution in [3.05, 3.63) is 49.1 Å². The molecule has 3 rings (SSSR count). The van der Waals surface area contributed by atoms with Crippen LogP contribution < -0.4 is 4.74 Å². The molecule has 20 heavy (non-hydrogen) atoms. The lowest BCUT2D eigenvalue weighted by molar-refractivity contribution is 0.412. The summed E-state index contributed by atoms with van der Waals surface area (Å²) in [6.45, 7) is 0. The number of nitrogens with zero attached hydrogens (tertiary/aromatic N) is 4. The Morgan fingerprint density at radius 1 is 1.15 bits per heavy atom. The van der Waals surface area contributed by atoms with Crippen molar-refractivity contribution in [1.82, 2.24) is 19.7 Å². The van der Waals surface area contributed by atoms with Crippen LogP contribution in [0.2, 0.25) is 0 Å². The summed E-state index contributed by atoms with van der Waals surface area (Å²) in [6, 6.07) is 8.57. The van der Waals surface area contributed by atoms with Gasteiger partial charge in [-0.05, 0) is 30.3 Å². The zero-order valence-electron chi connectivity index (χ0n) is 10.8. The van der Waals surface area contributed by atoms with E-state index in [4.69, 9.17) is 4.74 Å². The Bertz CT molecular complexity index is 709. The van der Waals surface area contributed by atoms with E-state index in [0.29, 0.717) is 22.8 Å². The molecule has 0 atom stereocenters. The summed E-state index contributed by atoms with van der Waals surface area (Å²) in [6.07, 6.45) is 5.10. The molecule has 2 aromatic heterocycles. The van der Waals surface area contributed by atoms with E-state index < -0.39 is 0 Å². The molecule has 1 N–H and O–H groups in total. The minimum Gasteiger partial charge on any atom is -0.507 e. The third-order valence-electron chi connectivity index (χ3n) is 2.90. The van der Waals surface area contributed by atoms with Gasteiger partial charge in [0.1, 0.15) is 17.8 Å². The van der Waals surface area contributed by atoms with Crippen molar-refractivity contribution in [3.8, 4) is 28.6 Å². The summed E-state index contributed by atoms with van der Waals surface area (Å²) in [5.41, 5.74) is 1.15. The molecule has 0 unspecified atom stereocenters. The van der Waals surface area contributed by atoms with Crippen LogP contribution in [-0.4, -0.2) is 32.0 Å². The Balaban J connectivity index is 1.99. The summed E-state index contributed by atoms with van der Waals surface area (Å²) >= 11 is 0. The second-order valence-corrected chi connectivity index (χ2v) is 4.13. The van der Waals surface area contributed by atoms with Crippen LogP contribution in [0, 0.1) is 0 Å². The molecule has 0 spiro atoms. The quantitative estimate of drug-likeness (QED) is 0.787. The van der Waals surface area contributed by atoms with Gasteiger partial charge < -0.3 is 9.84 Å². The highest BCUT2D eigenvalue weighted by Gasteiger charge is 2.08. The fraction of sp³-hybridized carbons (Fsp3) is 0.0714. The first-order valence-electron chi connectivity index (χ1n) is 5.97. The fourth-order valence-electron chi connectivity index (χ4n) is 1.85. The van der Waals surface area contributed by atoms with Gasteiger partial charge in [-0.15, -0.1) is 10.2 Å². The van der Waals surface area contributed by atoms with E-state index in [1.165, 1.54) is 0 Å². The van der Waals surface area contributed by atoms with Gasteiger partial charge in [-0.2, -0.15) is 0 Å². The zero-order valence-corrected chi connectivity index (χ0v) is 10.8. The lowest BCUT2D eigenvalue weighted by atomic mass is 10.1. The second-order valence-electron chi connectivity index (χ2n) is 4.13. The van der Waals surface area contributed by atoms with Crippen LogP contribution in [0.1, 0.15) is 0 Å². The van der Waals surface area contributed by atoms with Crippen molar-refractivity contribution in [2.75, 3.05) is 7.11 Å². The number of imidazole rings is 1. The Morgan fingerprint density at radius 2 is 2.05 bits per heavy atom. The average Bonchev–Trinajstić information content (AvgIpc) is 3.02. The molecule has 0 aliphatic carbocycles. The number of phenolic OH excluding ortho intramolecular Hbond substituents is 1. The molecule has 6 heteroatoms. The molecule has 0 aliphatic rings. The second kappa shape index (κ2) is 5.00. The van der Waals surface area contributed by atoms with Crippen molar-refractivity contribution in [1.29, 1.82) is 0 Å². The first kappa shape index (κ1) is 12.2. The normalized spacial score (nSPS) is 10.4. The molecule has 6 nitrogen and oxygen atoms in total. The molecule has 0 saturated heterocycles. The van der Waals surface area contributed by atoms with Gasteiger partial charge in [0.05, 0.1) is 12.8 Å². The van der Waals surface area contributed by atoms with Crippen molar-refractivity contribution >= 4 is 0 Å². The smallest absolute Gasteiger partial charge is 0.160 e. The number of rotatable bonds is 3. The van der Waals surface area contributed by atoms with Crippen LogP contribution in [0.15, 0.2) is 49.1 Å². The third kappa shape index (κ3) is 2.18. The molecule has 0 bridgehead atoms. The van der Waals surface area contributed by atoms with Crippen molar-refractivity contribution in [2.24, 2.45) is 0 Å². The highest BCUT2D eigenvalue weighted by molar-refractivity contribution is 5.68. The predicted molar refractivity (Wildman–Crippen MR) is 72.8 cm³/mol. The molecule has 100 valence electrons. The van der Waals surface area contributed by atoms with Crippen molar-refractivity contribution in [2.45, 2.75) is 0 Å². The standard InChI is InChI=1S/C14H12N4O2/c1-20-10-2-4-13(19)11(8-10)12-3-5-14(17-16-12)18-7-6-15-9-18/h2-9,19H,1H3. The van der Waals surface area contributed by atoms with Crippen LogP contribution in [0.25, 0.3) is 17.1 Å². The highest BCUT2D eigenvalue weighted by atomic mass is 16.5. The molecule has 0 amide bonds. The SMILES string of the molecule is COc1ccc(O)c(-c2ccc(-n3ccnc3)nn2)c1. The van der Waals surface area contributed by atoms with Crippen LogP contribution >= 0.6 is 0 Å². The van der Waals surface area contributed by atoms with E-state index in [0.717, 1.165) is 0 Å². The van der Waals surface area contributed by atoms with Gasteiger partial charge in [-0.1, -0.05) is 0 Å². The van der Waals surface area contributed by atoms with E-state index >= 15 is 0 Å². The van der Waals surface area contributed by atoms with Crippen molar-refractivity contribution in [3.63, 3.8) is 0 Å². The molecular weight excluding hydrogens is 256 g/mol. The van der Waals surface area contributed by atoms with Crippen LogP contribution in [0.5, 0.6) is 11.5 Å². The van der Waals surface area contributed by atoms with Crippen molar-refractivity contribution < 1.29 is 9.84 Å². The van der Waals surface area contributed by atoms with Crippen LogP contribution in [0.4, 0.5) is 0 Å². The number of hydrogen-bond acceptors (Lipinski definition) is 5. The van der Waals surface area contributed by atoms with Gasteiger partial charge in [0.2, 0.25) is 0 Å². The molecule has 0 fully saturated rings. The molecular formula is C14H12N4O2. The molecule has 0 aliphatic heterocycles. The Morgan fingerprint density at radius 3 is 2.70 bits per heavy atom. The molecule has 2 heterocycles. The summed E-state index contributed by atoms with van der Waals surface area (Å²) in [5, 5.41) is 18.1. The molecule has 0 radical (unpaired) electrons. The minimum atomic E-state index is 0.135. The number of ether oxygens (including phenoxy) is 1. The Kier molecular flexibility index (Phi) is 3.04. The first-order valence-corrected chi connectivity index (χ1v) is 5.97. The van der Waals surface area contributed by atoms with E-state index in [1.807, 2.05) is 6.07 Å². The van der Waals surface area contributed by atoms with Crippen LogP contribution in [0.3, 0.4) is 0 Å². The summed E-state index contributed by atoms with van der Waals surface area (Å²) in [5.74, 6) is 1.45. The highest BCUT2D eigenvalue weighted by Crippen LogP contribution is 2.31. The van der Waals surface area contributed by atoms with Gasteiger partial charge in [-0.3, -0.25) is 4.57 Å². The van der Waals surface area contributed by atoms with Gasteiger partial charge in [0.25, 0.3) is 0 Å². The Hall–Kier alpha value is -2.89. The van der Waals surface area contributed by atoms with E-state index in [2.05, 4.69) is 15.2 Å². The summed E-state index contributed by atoms with van der Waals surface area (Å²) in [4.78, 5) is 3.95. The zero-order chi connectivity index (χ0) is 13.9. The predicted octanol–water partition coefficient (Wildman–Crippen LogP) is 2.04.